The largest absolute Gasteiger partial charge is 0.468 e. The van der Waals surface area contributed by atoms with Gasteiger partial charge in [0.1, 0.15) is 5.76 Å². The summed E-state index contributed by atoms with van der Waals surface area (Å²) in [5.41, 5.74) is 14.5. The number of fused-ring (bicyclic) bond motifs is 1. The van der Waals surface area contributed by atoms with E-state index in [1.54, 1.807) is 12.3 Å². The molecule has 0 amide bonds. The highest BCUT2D eigenvalue weighted by atomic mass is 35.5. The summed E-state index contributed by atoms with van der Waals surface area (Å²) < 4.78 is 5.68. The van der Waals surface area contributed by atoms with E-state index in [1.807, 2.05) is 19.1 Å². The number of nitrogens with two attached hydrogens (primary N) is 2. The highest BCUT2D eigenvalue weighted by Gasteiger charge is 2.30. The summed E-state index contributed by atoms with van der Waals surface area (Å²) in [6.45, 7) is 1.97. The highest BCUT2D eigenvalue weighted by molar-refractivity contribution is 6.42. The van der Waals surface area contributed by atoms with Gasteiger partial charge < -0.3 is 15.9 Å². The molecule has 4 N–H and O–H groups in total. The lowest BCUT2D eigenvalue weighted by molar-refractivity contribution is 0.480. The third-order valence-electron chi connectivity index (χ3n) is 3.92. The zero-order chi connectivity index (χ0) is 16.6. The van der Waals surface area contributed by atoms with Crippen LogP contribution in [0.5, 0.6) is 0 Å². The van der Waals surface area contributed by atoms with Crippen LogP contribution in [0.3, 0.4) is 0 Å². The fraction of sp³-hybridized carbons (Fsp3) is 0.250. The second kappa shape index (κ2) is 6.26. The van der Waals surface area contributed by atoms with Crippen molar-refractivity contribution in [2.75, 3.05) is 0 Å². The Kier molecular flexibility index (Phi) is 4.33. The van der Waals surface area contributed by atoms with Crippen molar-refractivity contribution in [2.45, 2.75) is 25.7 Å². The van der Waals surface area contributed by atoms with Gasteiger partial charge in [0, 0.05) is 12.0 Å². The molecule has 0 saturated carbocycles. The molecule has 1 aliphatic rings. The Bertz CT molecular complexity index is 806. The van der Waals surface area contributed by atoms with Crippen molar-refractivity contribution in [1.82, 2.24) is 0 Å². The summed E-state index contributed by atoms with van der Waals surface area (Å²) >= 11 is 12.5. The van der Waals surface area contributed by atoms with Crippen molar-refractivity contribution in [3.05, 3.63) is 57.0 Å². The van der Waals surface area contributed by atoms with Crippen LogP contribution in [0.15, 0.2) is 39.1 Å². The van der Waals surface area contributed by atoms with E-state index in [1.165, 1.54) is 0 Å². The van der Waals surface area contributed by atoms with Crippen LogP contribution >= 0.6 is 23.2 Å². The minimum Gasteiger partial charge on any atom is -0.468 e. The molecule has 7 heteroatoms. The molecule has 1 atom stereocenters. The molecule has 1 aromatic carbocycles. The lowest BCUT2D eigenvalue weighted by Crippen LogP contribution is -2.23. The first-order valence-corrected chi connectivity index (χ1v) is 7.89. The van der Waals surface area contributed by atoms with Crippen LogP contribution in [-0.2, 0) is 6.42 Å². The number of hydrogen-bond donors (Lipinski definition) is 2. The highest BCUT2D eigenvalue weighted by Crippen LogP contribution is 2.39. The molecule has 1 aromatic heterocycles. The molecule has 0 radical (unpaired) electrons. The fourth-order valence-electron chi connectivity index (χ4n) is 2.93. The molecule has 23 heavy (non-hydrogen) atoms. The first kappa shape index (κ1) is 15.9. The quantitative estimate of drug-likeness (QED) is 0.492. The summed E-state index contributed by atoms with van der Waals surface area (Å²) in [7, 11) is 0. The average molecular weight is 351 g/mol. The van der Waals surface area contributed by atoms with E-state index in [-0.39, 0.29) is 11.9 Å². The fourth-order valence-corrected chi connectivity index (χ4v) is 3.39. The number of hydrogen-bond acceptors (Lipinski definition) is 3. The lowest BCUT2D eigenvalue weighted by Gasteiger charge is -2.24. The molecule has 1 heterocycles. The van der Waals surface area contributed by atoms with Gasteiger partial charge in [0.25, 0.3) is 0 Å². The Balaban J connectivity index is 2.06. The van der Waals surface area contributed by atoms with Crippen LogP contribution in [0, 0.1) is 6.92 Å². The van der Waals surface area contributed by atoms with Gasteiger partial charge in [0.15, 0.2) is 0 Å². The number of furan rings is 1. The minimum absolute atomic E-state index is 0.0805. The average Bonchev–Trinajstić information content (AvgIpc) is 2.89. The van der Waals surface area contributed by atoms with Crippen LogP contribution in [0.1, 0.15) is 34.8 Å². The Morgan fingerprint density at radius 1 is 1.26 bits per heavy atom. The third-order valence-corrected chi connectivity index (χ3v) is 4.75. The zero-order valence-corrected chi connectivity index (χ0v) is 14.0. The summed E-state index contributed by atoms with van der Waals surface area (Å²) in [5.74, 6) is 0.884. The Morgan fingerprint density at radius 2 is 2.04 bits per heavy atom. The van der Waals surface area contributed by atoms with Crippen LogP contribution in [0.4, 0.5) is 0 Å². The van der Waals surface area contributed by atoms with Gasteiger partial charge in [-0.3, -0.25) is 0 Å². The molecular weight excluding hydrogens is 335 g/mol. The molecule has 0 aliphatic heterocycles. The van der Waals surface area contributed by atoms with Crippen molar-refractivity contribution in [3.8, 4) is 0 Å². The normalized spacial score (nSPS) is 18.7. The van der Waals surface area contributed by atoms with Gasteiger partial charge in [0.2, 0.25) is 5.96 Å². The van der Waals surface area contributed by atoms with Crippen molar-refractivity contribution in [2.24, 2.45) is 21.7 Å². The first-order chi connectivity index (χ1) is 11.0. The van der Waals surface area contributed by atoms with Crippen LogP contribution in [0.2, 0.25) is 10.0 Å². The minimum atomic E-state index is -0.0805. The number of benzene rings is 1. The molecule has 1 aliphatic carbocycles. The van der Waals surface area contributed by atoms with Crippen LogP contribution < -0.4 is 11.5 Å². The third kappa shape index (κ3) is 3.07. The maximum Gasteiger partial charge on any atom is 0.211 e. The van der Waals surface area contributed by atoms with Gasteiger partial charge >= 0.3 is 0 Å². The van der Waals surface area contributed by atoms with E-state index in [9.17, 15) is 0 Å². The van der Waals surface area contributed by atoms with Crippen molar-refractivity contribution in [1.29, 1.82) is 0 Å². The molecule has 0 spiro atoms. The number of aryl methyl sites for hydroxylation is 1. The van der Waals surface area contributed by atoms with Gasteiger partial charge in [-0.05, 0) is 36.5 Å². The van der Waals surface area contributed by atoms with Crippen LogP contribution in [0.25, 0.3) is 0 Å². The smallest absolute Gasteiger partial charge is 0.211 e. The molecule has 0 saturated heterocycles. The molecule has 120 valence electrons. The number of guanidine groups is 1. The van der Waals surface area contributed by atoms with E-state index < -0.39 is 0 Å². The van der Waals surface area contributed by atoms with Gasteiger partial charge in [-0.25, -0.2) is 0 Å². The molecule has 0 bridgehead atoms. The Hall–Kier alpha value is -1.98. The molecular formula is C16H16Cl2N4O. The molecule has 5 nitrogen and oxygen atoms in total. The van der Waals surface area contributed by atoms with E-state index >= 15 is 0 Å². The molecule has 3 rings (SSSR count). The van der Waals surface area contributed by atoms with Gasteiger partial charge in [-0.1, -0.05) is 35.3 Å². The summed E-state index contributed by atoms with van der Waals surface area (Å²) in [6.07, 6.45) is 3.10. The standard InChI is InChI=1S/C16H16Cl2N4O/c1-8-7-23-13-6-9(10-3-2-4-11(17)15(10)18)5-12(14(8)13)21-22-16(19)20/h2-4,7,9H,5-6H2,1H3,(H4,19,20,22). The summed E-state index contributed by atoms with van der Waals surface area (Å²) in [4.78, 5) is 0. The Labute approximate surface area is 144 Å². The first-order valence-electron chi connectivity index (χ1n) is 7.14. The number of rotatable bonds is 2. The maximum absolute atomic E-state index is 6.36. The molecule has 1 unspecified atom stereocenters. The van der Waals surface area contributed by atoms with Crippen molar-refractivity contribution in [3.63, 3.8) is 0 Å². The topological polar surface area (TPSA) is 89.9 Å². The van der Waals surface area contributed by atoms with E-state index in [0.29, 0.717) is 16.5 Å². The van der Waals surface area contributed by atoms with Gasteiger partial charge in [-0.15, -0.1) is 5.10 Å². The van der Waals surface area contributed by atoms with Crippen molar-refractivity contribution >= 4 is 34.9 Å². The number of halogens is 2. The molecule has 2 aromatic rings. The summed E-state index contributed by atoms with van der Waals surface area (Å²) in [5, 5.41) is 9.10. The maximum atomic E-state index is 6.36. The predicted octanol–water partition coefficient (Wildman–Crippen LogP) is 3.60. The van der Waals surface area contributed by atoms with Gasteiger partial charge in [0.05, 0.1) is 22.0 Å². The van der Waals surface area contributed by atoms with E-state index in [2.05, 4.69) is 10.2 Å². The monoisotopic (exact) mass is 350 g/mol. The van der Waals surface area contributed by atoms with Gasteiger partial charge in [-0.2, -0.15) is 5.10 Å². The predicted molar refractivity (Wildman–Crippen MR) is 93.3 cm³/mol. The van der Waals surface area contributed by atoms with E-state index in [0.717, 1.165) is 34.6 Å². The molecule has 0 fully saturated rings. The van der Waals surface area contributed by atoms with E-state index in [4.69, 9.17) is 39.1 Å². The van der Waals surface area contributed by atoms with Crippen molar-refractivity contribution < 1.29 is 4.42 Å². The zero-order valence-electron chi connectivity index (χ0n) is 12.5. The van der Waals surface area contributed by atoms with Crippen LogP contribution in [-0.4, -0.2) is 11.7 Å². The Morgan fingerprint density at radius 3 is 2.78 bits per heavy atom. The number of nitrogens with zero attached hydrogens (tertiary/aromatic N) is 2. The lowest BCUT2D eigenvalue weighted by atomic mass is 9.81. The second-order valence-corrected chi connectivity index (χ2v) is 6.32. The summed E-state index contributed by atoms with van der Waals surface area (Å²) in [6, 6.07) is 5.63. The second-order valence-electron chi connectivity index (χ2n) is 5.54. The SMILES string of the molecule is Cc1coc2c1C(=NN=C(N)N)CC(c1cccc(Cl)c1Cl)C2.